The van der Waals surface area contributed by atoms with E-state index < -0.39 is 0 Å². The van der Waals surface area contributed by atoms with E-state index in [1.54, 1.807) is 17.8 Å². The summed E-state index contributed by atoms with van der Waals surface area (Å²) in [7, 11) is 0. The van der Waals surface area contributed by atoms with E-state index in [-0.39, 0.29) is 0 Å². The van der Waals surface area contributed by atoms with Gasteiger partial charge < -0.3 is 9.63 Å². The molecule has 0 fully saturated rings. The van der Waals surface area contributed by atoms with Gasteiger partial charge in [-0.1, -0.05) is 36.3 Å². The lowest BCUT2D eigenvalue weighted by atomic mass is 10.1. The molecule has 0 aliphatic rings. The zero-order valence-electron chi connectivity index (χ0n) is 11.7. The molecule has 3 rings (SSSR count). The Balaban J connectivity index is 1.80. The summed E-state index contributed by atoms with van der Waals surface area (Å²) in [5.41, 5.74) is 0. The standard InChI is InChI=1S/C16H16N2O2S/c1-2-5-16-17-15(18-20-16)10-21-14-9-8-13(19)11-6-3-4-7-12(11)14/h3-4,6-9,19H,2,5,10H2,1H3. The van der Waals surface area contributed by atoms with E-state index in [0.29, 0.717) is 23.2 Å². The lowest BCUT2D eigenvalue weighted by molar-refractivity contribution is 0.373. The number of aromatic hydroxyl groups is 1. The summed E-state index contributed by atoms with van der Waals surface area (Å²) < 4.78 is 5.19. The van der Waals surface area contributed by atoms with E-state index in [4.69, 9.17) is 4.52 Å². The highest BCUT2D eigenvalue weighted by Crippen LogP contribution is 2.34. The molecule has 1 N–H and O–H groups in total. The Bertz CT molecular complexity index is 755. The van der Waals surface area contributed by atoms with Crippen molar-refractivity contribution in [3.05, 3.63) is 48.1 Å². The molecule has 108 valence electrons. The van der Waals surface area contributed by atoms with Gasteiger partial charge in [0.15, 0.2) is 5.82 Å². The molecule has 4 nitrogen and oxygen atoms in total. The number of aryl methyl sites for hydroxylation is 1. The summed E-state index contributed by atoms with van der Waals surface area (Å²) in [6.07, 6.45) is 1.82. The molecule has 0 saturated heterocycles. The van der Waals surface area contributed by atoms with Gasteiger partial charge in [0.1, 0.15) is 5.75 Å². The SMILES string of the molecule is CCCc1nc(CSc2ccc(O)c3ccccc23)no1. The normalized spacial score (nSPS) is 11.1. The predicted octanol–water partition coefficient (Wildman–Crippen LogP) is 4.17. The molecular formula is C16H16N2O2S. The van der Waals surface area contributed by atoms with Crippen LogP contribution in [0.5, 0.6) is 5.75 Å². The molecule has 21 heavy (non-hydrogen) atoms. The Morgan fingerprint density at radius 2 is 1.95 bits per heavy atom. The Morgan fingerprint density at radius 1 is 1.14 bits per heavy atom. The number of fused-ring (bicyclic) bond motifs is 1. The fraction of sp³-hybridized carbons (Fsp3) is 0.250. The van der Waals surface area contributed by atoms with E-state index in [9.17, 15) is 5.11 Å². The number of rotatable bonds is 5. The maximum absolute atomic E-state index is 9.89. The van der Waals surface area contributed by atoms with Crippen LogP contribution < -0.4 is 0 Å². The van der Waals surface area contributed by atoms with Gasteiger partial charge in [0, 0.05) is 16.7 Å². The van der Waals surface area contributed by atoms with Crippen molar-refractivity contribution in [2.45, 2.75) is 30.4 Å². The van der Waals surface area contributed by atoms with Crippen LogP contribution in [-0.4, -0.2) is 15.2 Å². The minimum atomic E-state index is 0.305. The molecule has 1 heterocycles. The summed E-state index contributed by atoms with van der Waals surface area (Å²) in [6, 6.07) is 11.5. The van der Waals surface area contributed by atoms with Crippen LogP contribution in [0.25, 0.3) is 10.8 Å². The predicted molar refractivity (Wildman–Crippen MR) is 83.5 cm³/mol. The van der Waals surface area contributed by atoms with E-state index in [1.807, 2.05) is 30.3 Å². The van der Waals surface area contributed by atoms with Crippen LogP contribution >= 0.6 is 11.8 Å². The average Bonchev–Trinajstić information content (AvgIpc) is 2.95. The Labute approximate surface area is 127 Å². The molecule has 0 aliphatic heterocycles. The van der Waals surface area contributed by atoms with Crippen LogP contribution in [0.4, 0.5) is 0 Å². The number of benzene rings is 2. The van der Waals surface area contributed by atoms with Gasteiger partial charge in [0.05, 0.1) is 5.75 Å². The summed E-state index contributed by atoms with van der Waals surface area (Å²) in [4.78, 5) is 5.47. The number of hydrogen-bond donors (Lipinski definition) is 1. The quantitative estimate of drug-likeness (QED) is 0.716. The van der Waals surface area contributed by atoms with E-state index in [1.165, 1.54) is 0 Å². The molecule has 3 aromatic rings. The molecule has 0 amide bonds. The minimum absolute atomic E-state index is 0.305. The molecule has 2 aromatic carbocycles. The second-order valence-electron chi connectivity index (χ2n) is 4.77. The van der Waals surface area contributed by atoms with Crippen LogP contribution in [0.2, 0.25) is 0 Å². The smallest absolute Gasteiger partial charge is 0.226 e. The number of hydrogen-bond acceptors (Lipinski definition) is 5. The van der Waals surface area contributed by atoms with Crippen molar-refractivity contribution in [3.8, 4) is 5.75 Å². The van der Waals surface area contributed by atoms with Crippen molar-refractivity contribution >= 4 is 22.5 Å². The molecular weight excluding hydrogens is 284 g/mol. The van der Waals surface area contributed by atoms with E-state index in [2.05, 4.69) is 17.1 Å². The monoisotopic (exact) mass is 300 g/mol. The Morgan fingerprint density at radius 3 is 2.76 bits per heavy atom. The van der Waals surface area contributed by atoms with Crippen molar-refractivity contribution < 1.29 is 9.63 Å². The first-order valence-corrected chi connectivity index (χ1v) is 7.91. The number of phenolic OH excluding ortho intramolecular Hbond substituents is 1. The number of phenols is 1. The van der Waals surface area contributed by atoms with Gasteiger partial charge in [0.25, 0.3) is 0 Å². The maximum Gasteiger partial charge on any atom is 0.226 e. The fourth-order valence-electron chi connectivity index (χ4n) is 2.19. The Hall–Kier alpha value is -2.01. The first-order chi connectivity index (χ1) is 10.3. The molecule has 0 bridgehead atoms. The number of aromatic nitrogens is 2. The average molecular weight is 300 g/mol. The van der Waals surface area contributed by atoms with Crippen LogP contribution in [0.1, 0.15) is 25.1 Å². The molecule has 0 aliphatic carbocycles. The molecule has 1 aromatic heterocycles. The fourth-order valence-corrected chi connectivity index (χ4v) is 3.09. The first-order valence-electron chi connectivity index (χ1n) is 6.93. The van der Waals surface area contributed by atoms with Crippen molar-refractivity contribution in [1.29, 1.82) is 0 Å². The van der Waals surface area contributed by atoms with Crippen molar-refractivity contribution in [2.24, 2.45) is 0 Å². The number of thioether (sulfide) groups is 1. The van der Waals surface area contributed by atoms with Gasteiger partial charge in [-0.2, -0.15) is 4.98 Å². The Kier molecular flexibility index (Phi) is 4.10. The van der Waals surface area contributed by atoms with Crippen LogP contribution in [0, 0.1) is 0 Å². The van der Waals surface area contributed by atoms with E-state index in [0.717, 1.165) is 28.5 Å². The van der Waals surface area contributed by atoms with Crippen LogP contribution in [0.3, 0.4) is 0 Å². The largest absolute Gasteiger partial charge is 0.507 e. The zero-order chi connectivity index (χ0) is 14.7. The topological polar surface area (TPSA) is 59.2 Å². The van der Waals surface area contributed by atoms with Gasteiger partial charge in [0.2, 0.25) is 5.89 Å². The summed E-state index contributed by atoms with van der Waals surface area (Å²) in [6.45, 7) is 2.08. The molecule has 5 heteroatoms. The maximum atomic E-state index is 9.89. The zero-order valence-corrected chi connectivity index (χ0v) is 12.6. The molecule has 0 unspecified atom stereocenters. The highest BCUT2D eigenvalue weighted by atomic mass is 32.2. The molecule has 0 radical (unpaired) electrons. The van der Waals surface area contributed by atoms with Crippen molar-refractivity contribution in [1.82, 2.24) is 10.1 Å². The summed E-state index contributed by atoms with van der Waals surface area (Å²) >= 11 is 1.65. The van der Waals surface area contributed by atoms with Crippen LogP contribution in [-0.2, 0) is 12.2 Å². The molecule has 0 spiro atoms. The first kappa shape index (κ1) is 13.9. The third-order valence-corrected chi connectivity index (χ3v) is 4.26. The third-order valence-electron chi connectivity index (χ3n) is 3.19. The van der Waals surface area contributed by atoms with Crippen molar-refractivity contribution in [2.75, 3.05) is 0 Å². The molecule has 0 atom stereocenters. The van der Waals surface area contributed by atoms with Gasteiger partial charge >= 0.3 is 0 Å². The van der Waals surface area contributed by atoms with E-state index >= 15 is 0 Å². The highest BCUT2D eigenvalue weighted by molar-refractivity contribution is 7.98. The van der Waals surface area contributed by atoms with Gasteiger partial charge in [-0.25, -0.2) is 0 Å². The lowest BCUT2D eigenvalue weighted by Gasteiger charge is -2.06. The summed E-state index contributed by atoms with van der Waals surface area (Å²) in [5.74, 6) is 2.37. The second kappa shape index (κ2) is 6.18. The molecule has 0 saturated carbocycles. The van der Waals surface area contributed by atoms with Gasteiger partial charge in [-0.05, 0) is 23.9 Å². The third kappa shape index (κ3) is 3.03. The highest BCUT2D eigenvalue weighted by Gasteiger charge is 2.09. The van der Waals surface area contributed by atoms with Crippen molar-refractivity contribution in [3.63, 3.8) is 0 Å². The van der Waals surface area contributed by atoms with Gasteiger partial charge in [-0.15, -0.1) is 11.8 Å². The lowest BCUT2D eigenvalue weighted by Crippen LogP contribution is -1.87. The summed E-state index contributed by atoms with van der Waals surface area (Å²) in [5, 5.41) is 15.8. The second-order valence-corrected chi connectivity index (χ2v) is 5.79. The van der Waals surface area contributed by atoms with Gasteiger partial charge in [-0.3, -0.25) is 0 Å². The minimum Gasteiger partial charge on any atom is -0.507 e. The number of nitrogens with zero attached hydrogens (tertiary/aromatic N) is 2. The van der Waals surface area contributed by atoms with Crippen LogP contribution in [0.15, 0.2) is 45.8 Å².